The maximum Gasteiger partial charge on any atom is 0.134 e. The molecular formula is C15H22N2OS. The number of nitrogens with zero attached hydrogens (tertiary/aromatic N) is 1. The minimum atomic E-state index is 0.134. The van der Waals surface area contributed by atoms with Crippen LogP contribution in [0.2, 0.25) is 0 Å². The van der Waals surface area contributed by atoms with Crippen LogP contribution in [0.4, 0.5) is 0 Å². The molecule has 104 valence electrons. The van der Waals surface area contributed by atoms with Crippen LogP contribution in [0.5, 0.6) is 0 Å². The fourth-order valence-electron chi connectivity index (χ4n) is 2.32. The molecule has 0 fully saturated rings. The van der Waals surface area contributed by atoms with Crippen molar-refractivity contribution >= 4 is 22.7 Å². The highest BCUT2D eigenvalue weighted by molar-refractivity contribution is 7.98. The summed E-state index contributed by atoms with van der Waals surface area (Å²) in [6.07, 6.45) is 2.13. The quantitative estimate of drug-likeness (QED) is 0.881. The molecule has 2 atom stereocenters. The molecule has 2 aromatic rings. The van der Waals surface area contributed by atoms with Crippen LogP contribution in [0.15, 0.2) is 34.7 Å². The zero-order valence-corrected chi connectivity index (χ0v) is 12.6. The number of likely N-dealkylation sites (N-methyl/N-ethyl adjacent to an activating group) is 1. The first-order valence-electron chi connectivity index (χ1n) is 6.56. The van der Waals surface area contributed by atoms with Crippen molar-refractivity contribution in [1.82, 2.24) is 4.90 Å². The van der Waals surface area contributed by atoms with Crippen molar-refractivity contribution in [3.63, 3.8) is 0 Å². The second-order valence-corrected chi connectivity index (χ2v) is 5.82. The van der Waals surface area contributed by atoms with Gasteiger partial charge < -0.3 is 10.2 Å². The topological polar surface area (TPSA) is 42.4 Å². The molecule has 0 saturated heterocycles. The molecule has 0 aliphatic rings. The summed E-state index contributed by atoms with van der Waals surface area (Å²) in [5.41, 5.74) is 6.89. The molecule has 1 aromatic carbocycles. The summed E-state index contributed by atoms with van der Waals surface area (Å²) in [5, 5.41) is 1.14. The number of para-hydroxylation sites is 1. The predicted molar refractivity (Wildman–Crippen MR) is 83.6 cm³/mol. The summed E-state index contributed by atoms with van der Waals surface area (Å²) in [7, 11) is 2.12. The Labute approximate surface area is 119 Å². The Morgan fingerprint density at radius 2 is 2.11 bits per heavy atom. The van der Waals surface area contributed by atoms with Gasteiger partial charge in [0.1, 0.15) is 11.3 Å². The second-order valence-electron chi connectivity index (χ2n) is 4.91. The van der Waals surface area contributed by atoms with Crippen molar-refractivity contribution < 1.29 is 4.42 Å². The van der Waals surface area contributed by atoms with Crippen molar-refractivity contribution in [2.24, 2.45) is 5.73 Å². The summed E-state index contributed by atoms with van der Waals surface area (Å²) >= 11 is 1.85. The van der Waals surface area contributed by atoms with Crippen LogP contribution in [-0.2, 0) is 0 Å². The van der Waals surface area contributed by atoms with Gasteiger partial charge >= 0.3 is 0 Å². The Bertz CT molecular complexity index is 493. The molecule has 4 heteroatoms. The Morgan fingerprint density at radius 1 is 1.37 bits per heavy atom. The number of rotatable bonds is 6. The van der Waals surface area contributed by atoms with E-state index in [9.17, 15) is 0 Å². The number of hydrogen-bond acceptors (Lipinski definition) is 4. The van der Waals surface area contributed by atoms with E-state index < -0.39 is 0 Å². The number of thioether (sulfide) groups is 1. The van der Waals surface area contributed by atoms with E-state index in [0.717, 1.165) is 22.5 Å². The molecule has 0 amide bonds. The fraction of sp³-hybridized carbons (Fsp3) is 0.467. The standard InChI is InChI=1S/C15H22N2OS/c1-11(10-19-3)17(2)13(9-16)15-8-12-6-4-5-7-14(12)18-15/h4-8,11,13H,9-10,16H2,1-3H3. The maximum atomic E-state index is 5.95. The molecule has 3 nitrogen and oxygen atoms in total. The first-order valence-corrected chi connectivity index (χ1v) is 7.96. The zero-order chi connectivity index (χ0) is 13.8. The van der Waals surface area contributed by atoms with Gasteiger partial charge in [0.15, 0.2) is 0 Å². The first kappa shape index (κ1) is 14.4. The van der Waals surface area contributed by atoms with Gasteiger partial charge in [-0.15, -0.1) is 0 Å². The van der Waals surface area contributed by atoms with Crippen LogP contribution in [0, 0.1) is 0 Å². The molecule has 1 aromatic heterocycles. The minimum Gasteiger partial charge on any atom is -0.459 e. The van der Waals surface area contributed by atoms with E-state index in [1.807, 2.05) is 30.0 Å². The molecule has 2 rings (SSSR count). The van der Waals surface area contributed by atoms with Gasteiger partial charge in [-0.1, -0.05) is 18.2 Å². The van der Waals surface area contributed by atoms with Crippen molar-refractivity contribution in [2.45, 2.75) is 19.0 Å². The SMILES string of the molecule is CSCC(C)N(C)C(CN)c1cc2ccccc2o1. The molecule has 0 aliphatic heterocycles. The molecular weight excluding hydrogens is 256 g/mol. The molecule has 0 spiro atoms. The van der Waals surface area contributed by atoms with Crippen molar-refractivity contribution in [2.75, 3.05) is 25.6 Å². The highest BCUT2D eigenvalue weighted by Crippen LogP contribution is 2.27. The highest BCUT2D eigenvalue weighted by Gasteiger charge is 2.23. The lowest BCUT2D eigenvalue weighted by Gasteiger charge is -2.30. The Hall–Kier alpha value is -0.970. The third kappa shape index (κ3) is 3.14. The first-order chi connectivity index (χ1) is 9.17. The number of furan rings is 1. The molecule has 19 heavy (non-hydrogen) atoms. The third-order valence-corrected chi connectivity index (χ3v) is 4.41. The van der Waals surface area contributed by atoms with E-state index in [2.05, 4.69) is 37.3 Å². The van der Waals surface area contributed by atoms with Crippen molar-refractivity contribution in [1.29, 1.82) is 0 Å². The Morgan fingerprint density at radius 3 is 2.74 bits per heavy atom. The van der Waals surface area contributed by atoms with E-state index in [4.69, 9.17) is 10.2 Å². The van der Waals surface area contributed by atoms with E-state index in [-0.39, 0.29) is 6.04 Å². The van der Waals surface area contributed by atoms with Gasteiger partial charge in [0.25, 0.3) is 0 Å². The van der Waals surface area contributed by atoms with Crippen molar-refractivity contribution in [3.05, 3.63) is 36.1 Å². The summed E-state index contributed by atoms with van der Waals surface area (Å²) in [4.78, 5) is 2.30. The Balaban J connectivity index is 2.25. The van der Waals surface area contributed by atoms with Gasteiger partial charge in [-0.25, -0.2) is 0 Å². The molecule has 1 heterocycles. The highest BCUT2D eigenvalue weighted by atomic mass is 32.2. The van der Waals surface area contributed by atoms with Crippen LogP contribution in [-0.4, -0.2) is 36.5 Å². The normalized spacial score (nSPS) is 15.0. The van der Waals surface area contributed by atoms with Gasteiger partial charge in [-0.05, 0) is 32.4 Å². The van der Waals surface area contributed by atoms with E-state index in [1.54, 1.807) is 0 Å². The Kier molecular flexibility index (Phi) is 4.91. The fourth-order valence-corrected chi connectivity index (χ4v) is 3.03. The number of nitrogens with two attached hydrogens (primary N) is 1. The van der Waals surface area contributed by atoms with Crippen LogP contribution in [0.1, 0.15) is 18.7 Å². The van der Waals surface area contributed by atoms with E-state index >= 15 is 0 Å². The average molecular weight is 278 g/mol. The van der Waals surface area contributed by atoms with Gasteiger partial charge in [-0.3, -0.25) is 4.90 Å². The lowest BCUT2D eigenvalue weighted by molar-refractivity contribution is 0.183. The average Bonchev–Trinajstić information content (AvgIpc) is 2.83. The maximum absolute atomic E-state index is 5.95. The number of hydrogen-bond donors (Lipinski definition) is 1. The van der Waals surface area contributed by atoms with Crippen LogP contribution in [0.25, 0.3) is 11.0 Å². The molecule has 0 radical (unpaired) electrons. The van der Waals surface area contributed by atoms with Gasteiger partial charge in [0.2, 0.25) is 0 Å². The lowest BCUT2D eigenvalue weighted by Crippen LogP contribution is -2.38. The lowest BCUT2D eigenvalue weighted by atomic mass is 10.1. The summed E-state index contributed by atoms with van der Waals surface area (Å²) in [6.45, 7) is 2.79. The molecule has 0 aliphatic carbocycles. The van der Waals surface area contributed by atoms with Gasteiger partial charge in [0.05, 0.1) is 6.04 Å². The molecule has 2 N–H and O–H groups in total. The monoisotopic (exact) mass is 278 g/mol. The number of benzene rings is 1. The summed E-state index contributed by atoms with van der Waals surface area (Å²) in [5.74, 6) is 2.05. The second kappa shape index (κ2) is 6.46. The molecule has 0 saturated carbocycles. The van der Waals surface area contributed by atoms with Crippen LogP contribution >= 0.6 is 11.8 Å². The molecule has 0 bridgehead atoms. The summed E-state index contributed by atoms with van der Waals surface area (Å²) in [6, 6.07) is 10.8. The minimum absolute atomic E-state index is 0.134. The smallest absolute Gasteiger partial charge is 0.134 e. The predicted octanol–water partition coefficient (Wildman–Crippen LogP) is 3.12. The van der Waals surface area contributed by atoms with Gasteiger partial charge in [0, 0.05) is 23.7 Å². The number of fused-ring (bicyclic) bond motifs is 1. The van der Waals surface area contributed by atoms with Crippen LogP contribution < -0.4 is 5.73 Å². The molecule has 2 unspecified atom stereocenters. The van der Waals surface area contributed by atoms with Crippen molar-refractivity contribution in [3.8, 4) is 0 Å². The van der Waals surface area contributed by atoms with Gasteiger partial charge in [-0.2, -0.15) is 11.8 Å². The van der Waals surface area contributed by atoms with E-state index in [0.29, 0.717) is 12.6 Å². The van der Waals surface area contributed by atoms with Crippen LogP contribution in [0.3, 0.4) is 0 Å². The third-order valence-electron chi connectivity index (χ3n) is 3.59. The largest absolute Gasteiger partial charge is 0.459 e. The summed E-state index contributed by atoms with van der Waals surface area (Å²) < 4.78 is 5.94. The zero-order valence-electron chi connectivity index (χ0n) is 11.8. The van der Waals surface area contributed by atoms with E-state index in [1.165, 1.54) is 0 Å².